The molecule has 0 amide bonds. The van der Waals surface area contributed by atoms with E-state index >= 15 is 0 Å². The summed E-state index contributed by atoms with van der Waals surface area (Å²) in [5, 5.41) is 1.17. The number of thioether (sulfide) groups is 1. The van der Waals surface area contributed by atoms with Crippen molar-refractivity contribution in [3.63, 3.8) is 0 Å². The van der Waals surface area contributed by atoms with Gasteiger partial charge in [0.15, 0.2) is 0 Å². The highest BCUT2D eigenvalue weighted by Gasteiger charge is 2.18. The Bertz CT molecular complexity index is 986. The first-order valence-electron chi connectivity index (χ1n) is 7.82. The van der Waals surface area contributed by atoms with E-state index < -0.39 is 0 Å². The summed E-state index contributed by atoms with van der Waals surface area (Å²) in [4.78, 5) is 3.84. The lowest BCUT2D eigenvalue weighted by Crippen LogP contribution is -1.92. The molecule has 0 saturated carbocycles. The number of methoxy groups -OCH3 is 1. The maximum Gasteiger partial charge on any atom is 0.242 e. The van der Waals surface area contributed by atoms with Gasteiger partial charge in [-0.2, -0.15) is 0 Å². The normalized spacial score (nSPS) is 15.2. The van der Waals surface area contributed by atoms with E-state index in [4.69, 9.17) is 4.74 Å². The third kappa shape index (κ3) is 2.85. The van der Waals surface area contributed by atoms with E-state index in [1.165, 1.54) is 35.9 Å². The maximum atomic E-state index is 5.61. The number of ether oxygens (including phenoxy) is 1. The molecule has 118 valence electrons. The van der Waals surface area contributed by atoms with Crippen LogP contribution in [0.5, 0.6) is 5.75 Å². The molecule has 1 aliphatic heterocycles. The molecule has 0 aliphatic carbocycles. The van der Waals surface area contributed by atoms with Gasteiger partial charge in [-0.25, -0.2) is 0 Å². The van der Waals surface area contributed by atoms with Crippen LogP contribution in [0.15, 0.2) is 70.5 Å². The van der Waals surface area contributed by atoms with Gasteiger partial charge in [0.05, 0.1) is 12.5 Å². The average Bonchev–Trinajstić information content (AvgIpc) is 2.61. The summed E-state index contributed by atoms with van der Waals surface area (Å²) >= 11 is 3.63. The molecule has 0 radical (unpaired) electrons. The van der Waals surface area contributed by atoms with E-state index in [9.17, 15) is 0 Å². The monoisotopic (exact) mass is 349 g/mol. The van der Waals surface area contributed by atoms with E-state index in [1.807, 2.05) is 11.8 Å². The molecule has 0 spiro atoms. The molecular weight excluding hydrogens is 332 g/mol. The van der Waals surface area contributed by atoms with Crippen molar-refractivity contribution in [2.45, 2.75) is 11.8 Å². The van der Waals surface area contributed by atoms with Gasteiger partial charge in [-0.1, -0.05) is 42.1 Å². The Kier molecular flexibility index (Phi) is 4.13. The summed E-state index contributed by atoms with van der Waals surface area (Å²) in [5.41, 5.74) is 2.56. The molecule has 0 bridgehead atoms. The van der Waals surface area contributed by atoms with Crippen LogP contribution in [-0.2, 0) is 0 Å². The van der Waals surface area contributed by atoms with Gasteiger partial charge in [0.1, 0.15) is 5.75 Å². The number of hydrogen-bond donors (Lipinski definition) is 0. The minimum Gasteiger partial charge on any atom is -0.496 e. The molecule has 3 aromatic rings. The fourth-order valence-corrected chi connectivity index (χ4v) is 4.94. The van der Waals surface area contributed by atoms with Crippen molar-refractivity contribution in [2.24, 2.45) is 0 Å². The lowest BCUT2D eigenvalue weighted by atomic mass is 10.0. The SMILES string of the molecule is COc1cc(C=C2C=C(C)Sc3ccccc32)[s+]c2ccccc12. The van der Waals surface area contributed by atoms with Gasteiger partial charge in [0.2, 0.25) is 20.9 Å². The molecule has 1 aromatic heterocycles. The second kappa shape index (κ2) is 6.42. The molecule has 0 saturated heterocycles. The van der Waals surface area contributed by atoms with Crippen LogP contribution in [0, 0.1) is 0 Å². The highest BCUT2D eigenvalue weighted by atomic mass is 32.2. The van der Waals surface area contributed by atoms with Crippen molar-refractivity contribution in [1.82, 2.24) is 0 Å². The van der Waals surface area contributed by atoms with Crippen LogP contribution < -0.4 is 4.74 Å². The summed E-state index contributed by atoms with van der Waals surface area (Å²) in [6, 6.07) is 19.1. The number of rotatable bonds is 2. The number of benzene rings is 2. The highest BCUT2D eigenvalue weighted by Crippen LogP contribution is 2.41. The first-order chi connectivity index (χ1) is 11.7. The van der Waals surface area contributed by atoms with Gasteiger partial charge in [-0.05, 0) is 41.2 Å². The average molecular weight is 350 g/mol. The second-order valence-electron chi connectivity index (χ2n) is 5.67. The molecule has 0 fully saturated rings. The van der Waals surface area contributed by atoms with Gasteiger partial charge >= 0.3 is 0 Å². The zero-order chi connectivity index (χ0) is 16.5. The molecule has 1 nitrogen and oxygen atoms in total. The first kappa shape index (κ1) is 15.4. The third-order valence-electron chi connectivity index (χ3n) is 4.00. The Hall–Kier alpha value is -2.10. The van der Waals surface area contributed by atoms with Crippen LogP contribution in [0.2, 0.25) is 0 Å². The summed E-state index contributed by atoms with van der Waals surface area (Å²) < 4.78 is 6.84. The van der Waals surface area contributed by atoms with Crippen LogP contribution in [0.1, 0.15) is 17.4 Å². The second-order valence-corrected chi connectivity index (χ2v) is 8.07. The maximum absolute atomic E-state index is 5.61. The predicted molar refractivity (Wildman–Crippen MR) is 107 cm³/mol. The van der Waals surface area contributed by atoms with Gasteiger partial charge in [-0.3, -0.25) is 0 Å². The van der Waals surface area contributed by atoms with E-state index in [0.717, 1.165) is 5.75 Å². The fourth-order valence-electron chi connectivity index (χ4n) is 2.93. The zero-order valence-electron chi connectivity index (χ0n) is 13.6. The minimum absolute atomic E-state index is 0.926. The van der Waals surface area contributed by atoms with Gasteiger partial charge in [-0.15, -0.1) is 0 Å². The van der Waals surface area contributed by atoms with Crippen molar-refractivity contribution in [3.05, 3.63) is 76.0 Å². The lowest BCUT2D eigenvalue weighted by Gasteiger charge is -2.15. The third-order valence-corrected chi connectivity index (χ3v) is 6.06. The van der Waals surface area contributed by atoms with Crippen LogP contribution in [-0.4, -0.2) is 7.11 Å². The molecule has 0 N–H and O–H groups in total. The molecule has 0 atom stereocenters. The number of fused-ring (bicyclic) bond motifs is 2. The summed E-state index contributed by atoms with van der Waals surface area (Å²) in [5.74, 6) is 0.926. The van der Waals surface area contributed by atoms with E-state index in [-0.39, 0.29) is 0 Å². The number of hydrogen-bond acceptors (Lipinski definition) is 2. The molecule has 1 aliphatic rings. The van der Waals surface area contributed by atoms with Crippen molar-refractivity contribution in [3.8, 4) is 5.75 Å². The van der Waals surface area contributed by atoms with Gasteiger partial charge < -0.3 is 4.74 Å². The smallest absolute Gasteiger partial charge is 0.242 e. The van der Waals surface area contributed by atoms with E-state index in [2.05, 4.69) is 73.7 Å². The predicted octanol–water partition coefficient (Wildman–Crippen LogP) is 6.74. The Morgan fingerprint density at radius 2 is 1.83 bits per heavy atom. The van der Waals surface area contributed by atoms with Crippen LogP contribution >= 0.6 is 23.1 Å². The first-order valence-corrected chi connectivity index (χ1v) is 9.45. The van der Waals surface area contributed by atoms with Crippen molar-refractivity contribution in [1.29, 1.82) is 0 Å². The fraction of sp³-hybridized carbons (Fsp3) is 0.0952. The molecule has 24 heavy (non-hydrogen) atoms. The van der Waals surface area contributed by atoms with Crippen LogP contribution in [0.25, 0.3) is 21.7 Å². The lowest BCUT2D eigenvalue weighted by molar-refractivity contribution is 0.420. The summed E-state index contributed by atoms with van der Waals surface area (Å²) in [7, 11) is 1.74. The highest BCUT2D eigenvalue weighted by molar-refractivity contribution is 8.03. The van der Waals surface area contributed by atoms with Gasteiger partial charge in [0.25, 0.3) is 0 Å². The summed E-state index contributed by atoms with van der Waals surface area (Å²) in [6.45, 7) is 2.17. The number of allylic oxidation sites excluding steroid dienone is 3. The van der Waals surface area contributed by atoms with Crippen molar-refractivity contribution < 1.29 is 4.74 Å². The van der Waals surface area contributed by atoms with E-state index in [0.29, 0.717) is 0 Å². The standard InChI is InChI=1S/C21H17OS2/c1-14-11-15(17-7-3-5-9-20(17)23-14)12-16-13-19(22-2)18-8-4-6-10-21(18)24-16/h3-13H,1-2H3/q+1. The molecule has 3 heteroatoms. The van der Waals surface area contributed by atoms with Crippen LogP contribution in [0.3, 0.4) is 0 Å². The molecule has 4 rings (SSSR count). The molecule has 0 unspecified atom stereocenters. The Balaban J connectivity index is 1.89. The van der Waals surface area contributed by atoms with Crippen LogP contribution in [0.4, 0.5) is 0 Å². The zero-order valence-corrected chi connectivity index (χ0v) is 15.2. The Labute approximate surface area is 150 Å². The quantitative estimate of drug-likeness (QED) is 0.474. The topological polar surface area (TPSA) is 9.23 Å². The van der Waals surface area contributed by atoms with E-state index in [1.54, 1.807) is 18.4 Å². The van der Waals surface area contributed by atoms with Gasteiger partial charge in [0, 0.05) is 23.1 Å². The Morgan fingerprint density at radius 3 is 2.71 bits per heavy atom. The largest absolute Gasteiger partial charge is 0.496 e. The summed E-state index contributed by atoms with van der Waals surface area (Å²) in [6.07, 6.45) is 4.53. The molecule has 2 heterocycles. The molecule has 2 aromatic carbocycles. The minimum atomic E-state index is 0.926. The van der Waals surface area contributed by atoms with Crippen molar-refractivity contribution >= 4 is 44.8 Å². The van der Waals surface area contributed by atoms with Crippen molar-refractivity contribution in [2.75, 3.05) is 7.11 Å². The Morgan fingerprint density at radius 1 is 1.04 bits per heavy atom. The molecular formula is C21H17OS2+.